The molecule has 1 N–H and O–H groups in total. The summed E-state index contributed by atoms with van der Waals surface area (Å²) in [5.74, 6) is 0.253. The fraction of sp³-hybridized carbons (Fsp3) is 0.348. The molecule has 2 amide bonds. The Hall–Kier alpha value is -3.55. The number of aryl methyl sites for hydroxylation is 2. The number of carbonyl (C=O) groups excluding carboxylic acids is 2. The van der Waals surface area contributed by atoms with Gasteiger partial charge in [-0.15, -0.1) is 5.10 Å². The molecule has 0 radical (unpaired) electrons. The maximum atomic E-state index is 13.2. The molecular weight excluding hydrogens is 392 g/mol. The predicted octanol–water partition coefficient (Wildman–Crippen LogP) is 2.59. The van der Waals surface area contributed by atoms with Crippen LogP contribution in [0, 0.1) is 13.8 Å². The summed E-state index contributed by atoms with van der Waals surface area (Å²) >= 11 is 0. The summed E-state index contributed by atoms with van der Waals surface area (Å²) in [6.45, 7) is 4.71. The molecular formula is C23H26N6O2. The van der Waals surface area contributed by atoms with Crippen LogP contribution < -0.4 is 5.32 Å². The average Bonchev–Trinajstić information content (AvgIpc) is 3.25. The highest BCUT2D eigenvalue weighted by Gasteiger charge is 2.32. The van der Waals surface area contributed by atoms with E-state index in [2.05, 4.69) is 20.8 Å². The van der Waals surface area contributed by atoms with Gasteiger partial charge in [0.15, 0.2) is 5.82 Å². The van der Waals surface area contributed by atoms with E-state index in [9.17, 15) is 9.59 Å². The topological polar surface area (TPSA) is 93.0 Å². The molecule has 1 unspecified atom stereocenters. The van der Waals surface area contributed by atoms with Crippen molar-refractivity contribution in [3.63, 3.8) is 0 Å². The van der Waals surface area contributed by atoms with Crippen LogP contribution in [0.25, 0.3) is 5.69 Å². The van der Waals surface area contributed by atoms with E-state index in [1.54, 1.807) is 9.58 Å². The van der Waals surface area contributed by atoms with E-state index in [0.717, 1.165) is 29.7 Å². The van der Waals surface area contributed by atoms with Crippen molar-refractivity contribution in [2.45, 2.75) is 45.7 Å². The number of nitrogens with zero attached hydrogens (tertiary/aromatic N) is 5. The SMILES string of the molecule is Cc1cc(C)cc(C(=O)N2CCCCC2C(=O)NCc2nnnn2-c2ccccc2)c1. The number of benzene rings is 2. The molecule has 1 aromatic heterocycles. The second-order valence-corrected chi connectivity index (χ2v) is 7.95. The summed E-state index contributed by atoms with van der Waals surface area (Å²) in [6, 6.07) is 14.8. The number of para-hydroxylation sites is 1. The van der Waals surface area contributed by atoms with Gasteiger partial charge in [0.25, 0.3) is 5.91 Å². The Bertz CT molecular complexity index is 1060. The molecule has 0 aliphatic carbocycles. The lowest BCUT2D eigenvalue weighted by molar-refractivity contribution is -0.126. The van der Waals surface area contributed by atoms with Crippen LogP contribution in [-0.4, -0.2) is 49.5 Å². The summed E-state index contributed by atoms with van der Waals surface area (Å²) in [5, 5.41) is 14.7. The molecule has 2 aromatic carbocycles. The zero-order valence-corrected chi connectivity index (χ0v) is 17.8. The third-order valence-corrected chi connectivity index (χ3v) is 5.49. The number of hydrogen-bond donors (Lipinski definition) is 1. The number of carbonyl (C=O) groups is 2. The van der Waals surface area contributed by atoms with Gasteiger partial charge in [-0.3, -0.25) is 9.59 Å². The zero-order chi connectivity index (χ0) is 21.8. The lowest BCUT2D eigenvalue weighted by atomic mass is 9.99. The van der Waals surface area contributed by atoms with Crippen molar-refractivity contribution >= 4 is 11.8 Å². The van der Waals surface area contributed by atoms with Crippen LogP contribution in [0.15, 0.2) is 48.5 Å². The second kappa shape index (κ2) is 9.07. The lowest BCUT2D eigenvalue weighted by Gasteiger charge is -2.34. The first-order valence-corrected chi connectivity index (χ1v) is 10.5. The maximum absolute atomic E-state index is 13.2. The average molecular weight is 419 g/mol. The van der Waals surface area contributed by atoms with Crippen LogP contribution in [0.2, 0.25) is 0 Å². The van der Waals surface area contributed by atoms with E-state index in [0.29, 0.717) is 24.4 Å². The minimum Gasteiger partial charge on any atom is -0.347 e. The Labute approximate surface area is 181 Å². The molecule has 160 valence electrons. The van der Waals surface area contributed by atoms with Gasteiger partial charge < -0.3 is 10.2 Å². The van der Waals surface area contributed by atoms with Crippen LogP contribution in [0.1, 0.15) is 46.6 Å². The van der Waals surface area contributed by atoms with Crippen LogP contribution in [0.3, 0.4) is 0 Å². The van der Waals surface area contributed by atoms with Crippen molar-refractivity contribution < 1.29 is 9.59 Å². The lowest BCUT2D eigenvalue weighted by Crippen LogP contribution is -2.51. The number of nitrogens with one attached hydrogen (secondary N) is 1. The van der Waals surface area contributed by atoms with Crippen LogP contribution in [0.5, 0.6) is 0 Å². The minimum atomic E-state index is -0.497. The van der Waals surface area contributed by atoms with Crippen LogP contribution in [-0.2, 0) is 11.3 Å². The van der Waals surface area contributed by atoms with Gasteiger partial charge in [-0.25, -0.2) is 0 Å². The Kier molecular flexibility index (Phi) is 6.06. The normalized spacial score (nSPS) is 16.2. The van der Waals surface area contributed by atoms with Crippen LogP contribution in [0.4, 0.5) is 0 Å². The zero-order valence-electron chi connectivity index (χ0n) is 17.8. The van der Waals surface area contributed by atoms with Gasteiger partial charge in [-0.2, -0.15) is 4.68 Å². The van der Waals surface area contributed by atoms with Gasteiger partial charge in [0.1, 0.15) is 6.04 Å². The standard InChI is InChI=1S/C23H26N6O2/c1-16-12-17(2)14-18(13-16)23(31)28-11-7-6-10-20(28)22(30)24-15-21-25-26-27-29(21)19-8-4-3-5-9-19/h3-5,8-9,12-14,20H,6-7,10-11,15H2,1-2H3,(H,24,30). The first-order chi connectivity index (χ1) is 15.0. The smallest absolute Gasteiger partial charge is 0.254 e. The van der Waals surface area contributed by atoms with Crippen molar-refractivity contribution in [3.05, 3.63) is 71.0 Å². The molecule has 1 aliphatic heterocycles. The number of aromatic nitrogens is 4. The monoisotopic (exact) mass is 418 g/mol. The molecule has 3 aromatic rings. The first-order valence-electron chi connectivity index (χ1n) is 10.5. The minimum absolute atomic E-state index is 0.0965. The van der Waals surface area contributed by atoms with E-state index in [1.807, 2.05) is 62.4 Å². The fourth-order valence-corrected chi connectivity index (χ4v) is 4.08. The van der Waals surface area contributed by atoms with Gasteiger partial charge in [-0.1, -0.05) is 35.4 Å². The molecule has 1 fully saturated rings. The van der Waals surface area contributed by atoms with Gasteiger partial charge in [0.2, 0.25) is 5.91 Å². The quantitative estimate of drug-likeness (QED) is 0.687. The third kappa shape index (κ3) is 4.63. The molecule has 0 bridgehead atoms. The van der Waals surface area contributed by atoms with Gasteiger partial charge in [0, 0.05) is 12.1 Å². The molecule has 31 heavy (non-hydrogen) atoms. The molecule has 2 heterocycles. The Morgan fingerprint density at radius 2 is 1.81 bits per heavy atom. The molecule has 0 spiro atoms. The molecule has 0 saturated carbocycles. The summed E-state index contributed by atoms with van der Waals surface area (Å²) in [6.07, 6.45) is 2.45. The molecule has 1 saturated heterocycles. The number of tetrazole rings is 1. The Morgan fingerprint density at radius 1 is 1.06 bits per heavy atom. The van der Waals surface area contributed by atoms with E-state index in [-0.39, 0.29) is 18.4 Å². The predicted molar refractivity (Wildman–Crippen MR) is 116 cm³/mol. The molecule has 1 aliphatic rings. The van der Waals surface area contributed by atoms with E-state index >= 15 is 0 Å². The van der Waals surface area contributed by atoms with Gasteiger partial charge >= 0.3 is 0 Å². The highest BCUT2D eigenvalue weighted by Crippen LogP contribution is 2.21. The van der Waals surface area contributed by atoms with E-state index < -0.39 is 6.04 Å². The Morgan fingerprint density at radius 3 is 2.55 bits per heavy atom. The Balaban J connectivity index is 1.47. The van der Waals surface area contributed by atoms with Crippen LogP contribution >= 0.6 is 0 Å². The fourth-order valence-electron chi connectivity index (χ4n) is 4.08. The number of hydrogen-bond acceptors (Lipinski definition) is 5. The summed E-state index contributed by atoms with van der Waals surface area (Å²) in [7, 11) is 0. The highest BCUT2D eigenvalue weighted by atomic mass is 16.2. The highest BCUT2D eigenvalue weighted by molar-refractivity contribution is 5.98. The summed E-state index contributed by atoms with van der Waals surface area (Å²) in [5.41, 5.74) is 3.52. The van der Waals surface area contributed by atoms with Gasteiger partial charge in [0.05, 0.1) is 12.2 Å². The maximum Gasteiger partial charge on any atom is 0.254 e. The number of piperidine rings is 1. The number of amides is 2. The van der Waals surface area contributed by atoms with E-state index in [4.69, 9.17) is 0 Å². The van der Waals surface area contributed by atoms with Crippen molar-refractivity contribution in [2.24, 2.45) is 0 Å². The molecule has 4 rings (SSSR count). The molecule has 8 nitrogen and oxygen atoms in total. The summed E-state index contributed by atoms with van der Waals surface area (Å²) < 4.78 is 1.60. The molecule has 1 atom stereocenters. The van der Waals surface area contributed by atoms with Crippen molar-refractivity contribution in [3.8, 4) is 5.69 Å². The number of likely N-dealkylation sites (tertiary alicyclic amines) is 1. The third-order valence-electron chi connectivity index (χ3n) is 5.49. The van der Waals surface area contributed by atoms with E-state index in [1.165, 1.54) is 0 Å². The largest absolute Gasteiger partial charge is 0.347 e. The van der Waals surface area contributed by atoms with Crippen molar-refractivity contribution in [1.82, 2.24) is 30.4 Å². The van der Waals surface area contributed by atoms with Gasteiger partial charge in [-0.05, 0) is 67.8 Å². The first kappa shape index (κ1) is 20.7. The van der Waals surface area contributed by atoms with Crippen molar-refractivity contribution in [1.29, 1.82) is 0 Å². The molecule has 8 heteroatoms. The number of rotatable bonds is 5. The second-order valence-electron chi connectivity index (χ2n) is 7.95. The summed E-state index contributed by atoms with van der Waals surface area (Å²) in [4.78, 5) is 27.9. The van der Waals surface area contributed by atoms with Crippen molar-refractivity contribution in [2.75, 3.05) is 6.54 Å².